The molecule has 3 heterocycles. The molecule has 0 aromatic heterocycles. The first-order valence-corrected chi connectivity index (χ1v) is 7.58. The highest BCUT2D eigenvalue weighted by Gasteiger charge is 2.52. The number of nitrogens with one attached hydrogen (secondary N) is 1. The van der Waals surface area contributed by atoms with Crippen molar-refractivity contribution in [3.63, 3.8) is 0 Å². The van der Waals surface area contributed by atoms with E-state index in [9.17, 15) is 9.90 Å². The molecule has 3 aliphatic rings. The van der Waals surface area contributed by atoms with Gasteiger partial charge < -0.3 is 29.6 Å². The summed E-state index contributed by atoms with van der Waals surface area (Å²) in [7, 11) is -0.657. The molecular weight excluding hydrogens is 357 g/mol. The average molecular weight is 372 g/mol. The van der Waals surface area contributed by atoms with Crippen molar-refractivity contribution in [1.29, 1.82) is 0 Å². The molecule has 9 heteroatoms. The van der Waals surface area contributed by atoms with Gasteiger partial charge in [-0.15, -0.1) is 0 Å². The summed E-state index contributed by atoms with van der Waals surface area (Å²) in [5, 5.41) is 20.7. The normalized spacial score (nSPS) is 30.1. The lowest BCUT2D eigenvalue weighted by Gasteiger charge is -2.29. The number of ether oxygens (including phenoxy) is 1. The molecule has 0 aliphatic carbocycles. The monoisotopic (exact) mass is 371 g/mol. The molecule has 118 valence electrons. The topological polar surface area (TPSA) is 97.2 Å². The number of amides is 1. The van der Waals surface area contributed by atoms with Crippen LogP contribution in [0.25, 0.3) is 0 Å². The summed E-state index contributed by atoms with van der Waals surface area (Å²) in [5.41, 5.74) is 1.64. The number of carbonyl (C=O) groups is 1. The molecule has 3 N–H and O–H groups in total. The van der Waals surface area contributed by atoms with E-state index in [0.717, 1.165) is 21.1 Å². The largest absolute Gasteiger partial charge is 0.497 e. The third-order valence-electron chi connectivity index (χ3n) is 3.98. The minimum absolute atomic E-state index is 0.0897. The van der Waals surface area contributed by atoms with Crippen LogP contribution in [0.1, 0.15) is 6.92 Å². The number of rotatable bonds is 3. The van der Waals surface area contributed by atoms with Crippen LogP contribution in [0.4, 0.5) is 4.79 Å². The van der Waals surface area contributed by atoms with Gasteiger partial charge in [0.25, 0.3) is 0 Å². The van der Waals surface area contributed by atoms with E-state index in [1.54, 1.807) is 19.3 Å². The molecule has 3 rings (SSSR count). The Hall–Kier alpha value is -1.29. The van der Waals surface area contributed by atoms with Crippen LogP contribution >= 0.6 is 15.9 Å². The lowest BCUT2D eigenvalue weighted by molar-refractivity contribution is 0.0290. The Balaban J connectivity index is 2.00. The fourth-order valence-corrected chi connectivity index (χ4v) is 3.40. The Morgan fingerprint density at radius 3 is 3.09 bits per heavy atom. The van der Waals surface area contributed by atoms with Gasteiger partial charge in [-0.2, -0.15) is 0 Å². The Labute approximate surface area is 135 Å². The number of hydrogen-bond acceptors (Lipinski definition) is 5. The van der Waals surface area contributed by atoms with Gasteiger partial charge in [0, 0.05) is 4.48 Å². The first-order valence-electron chi connectivity index (χ1n) is 6.79. The van der Waals surface area contributed by atoms with Crippen molar-refractivity contribution >= 4 is 29.1 Å². The number of hydrogen-bond donors (Lipinski definition) is 3. The van der Waals surface area contributed by atoms with Gasteiger partial charge in [-0.3, -0.25) is 0 Å². The van der Waals surface area contributed by atoms with E-state index in [1.807, 2.05) is 0 Å². The summed E-state index contributed by atoms with van der Waals surface area (Å²) in [6, 6.07) is 0. The van der Waals surface area contributed by atoms with Gasteiger partial charge in [-0.05, 0) is 29.6 Å². The minimum atomic E-state index is -1.12. The zero-order chi connectivity index (χ0) is 15.9. The van der Waals surface area contributed by atoms with Crippen molar-refractivity contribution in [3.05, 3.63) is 33.4 Å². The molecule has 2 atom stereocenters. The SMILES string of the molecule is CC1(CO)OB2OC(CNC(=O)O)C(Br)=C3C=COCC1=C23. The molecule has 7 nitrogen and oxygen atoms in total. The Morgan fingerprint density at radius 1 is 1.64 bits per heavy atom. The van der Waals surface area contributed by atoms with Crippen molar-refractivity contribution in [3.8, 4) is 0 Å². The number of aliphatic hydroxyl groups excluding tert-OH is 1. The summed E-state index contributed by atoms with van der Waals surface area (Å²) in [5.74, 6) is 0. The second-order valence-corrected chi connectivity index (χ2v) is 6.27. The predicted octanol–water partition coefficient (Wildman–Crippen LogP) is 0.951. The maximum absolute atomic E-state index is 10.7. The maximum Gasteiger partial charge on any atom is 0.495 e. The fraction of sp³-hybridized carbons (Fsp3) is 0.462. The Morgan fingerprint density at radius 2 is 2.41 bits per heavy atom. The van der Waals surface area contributed by atoms with E-state index in [1.165, 1.54) is 0 Å². The van der Waals surface area contributed by atoms with Crippen molar-refractivity contribution in [2.24, 2.45) is 0 Å². The fourth-order valence-electron chi connectivity index (χ4n) is 2.79. The van der Waals surface area contributed by atoms with E-state index < -0.39 is 24.9 Å². The molecule has 22 heavy (non-hydrogen) atoms. The summed E-state index contributed by atoms with van der Waals surface area (Å²) in [4.78, 5) is 10.7. The zero-order valence-electron chi connectivity index (χ0n) is 11.8. The van der Waals surface area contributed by atoms with E-state index in [-0.39, 0.29) is 13.2 Å². The molecule has 0 saturated heterocycles. The predicted molar refractivity (Wildman–Crippen MR) is 81.3 cm³/mol. The average Bonchev–Trinajstić information content (AvgIpc) is 2.65. The molecule has 0 aromatic rings. The Bertz CT molecular complexity index is 603. The van der Waals surface area contributed by atoms with Crippen molar-refractivity contribution in [2.45, 2.75) is 18.6 Å². The Kier molecular flexibility index (Phi) is 4.06. The van der Waals surface area contributed by atoms with E-state index in [2.05, 4.69) is 21.2 Å². The van der Waals surface area contributed by atoms with Crippen molar-refractivity contribution < 1.29 is 29.1 Å². The highest BCUT2D eigenvalue weighted by atomic mass is 79.9. The van der Waals surface area contributed by atoms with E-state index in [0.29, 0.717) is 6.61 Å². The highest BCUT2D eigenvalue weighted by Crippen LogP contribution is 2.45. The van der Waals surface area contributed by atoms with Crippen LogP contribution in [0.3, 0.4) is 0 Å². The summed E-state index contributed by atoms with van der Waals surface area (Å²) in [6.07, 6.45) is 1.74. The molecule has 0 bridgehead atoms. The molecule has 0 radical (unpaired) electrons. The van der Waals surface area contributed by atoms with Gasteiger partial charge >= 0.3 is 13.2 Å². The quantitative estimate of drug-likeness (QED) is 0.639. The third kappa shape index (κ3) is 2.47. The molecule has 0 aromatic carbocycles. The van der Waals surface area contributed by atoms with Crippen molar-refractivity contribution in [2.75, 3.05) is 19.8 Å². The van der Waals surface area contributed by atoms with Gasteiger partial charge in [0.15, 0.2) is 0 Å². The first-order chi connectivity index (χ1) is 10.5. The van der Waals surface area contributed by atoms with Gasteiger partial charge in [0.2, 0.25) is 0 Å². The van der Waals surface area contributed by atoms with Crippen LogP contribution in [-0.2, 0) is 14.0 Å². The molecule has 2 unspecified atom stereocenters. The summed E-state index contributed by atoms with van der Waals surface area (Å²) >= 11 is 3.49. The summed E-state index contributed by atoms with van der Waals surface area (Å²) < 4.78 is 17.9. The van der Waals surface area contributed by atoms with E-state index >= 15 is 0 Å². The number of carboxylic acid groups (broad SMARTS) is 1. The van der Waals surface area contributed by atoms with Crippen molar-refractivity contribution in [1.82, 2.24) is 5.32 Å². The van der Waals surface area contributed by atoms with Crippen LogP contribution in [0.5, 0.6) is 0 Å². The lowest BCUT2D eigenvalue weighted by atomic mass is 9.70. The smallest absolute Gasteiger partial charge is 0.495 e. The molecule has 3 aliphatic heterocycles. The standard InChI is InChI=1S/C13H15BBrNO6/c1-13(6-17)8-5-20-3-2-7-10(8)14(22-13)21-9(11(7)15)4-16-12(18)19/h2-3,9,16-17H,4-6H2,1H3,(H,18,19). The molecule has 0 fully saturated rings. The van der Waals surface area contributed by atoms with Crippen LogP contribution in [0.2, 0.25) is 0 Å². The number of aliphatic hydroxyl groups is 1. The second kappa shape index (κ2) is 5.73. The van der Waals surface area contributed by atoms with Crippen LogP contribution in [0.15, 0.2) is 33.4 Å². The van der Waals surface area contributed by atoms with Gasteiger partial charge in [-0.25, -0.2) is 4.79 Å². The zero-order valence-corrected chi connectivity index (χ0v) is 13.4. The number of halogens is 1. The van der Waals surface area contributed by atoms with Gasteiger partial charge in [0.1, 0.15) is 6.61 Å². The van der Waals surface area contributed by atoms with Gasteiger partial charge in [-0.1, -0.05) is 15.9 Å². The van der Waals surface area contributed by atoms with Gasteiger partial charge in [0.05, 0.1) is 31.1 Å². The van der Waals surface area contributed by atoms with Crippen LogP contribution in [-0.4, -0.2) is 54.9 Å². The summed E-state index contributed by atoms with van der Waals surface area (Å²) in [6.45, 7) is 1.98. The molecule has 1 amide bonds. The van der Waals surface area contributed by atoms with E-state index in [4.69, 9.17) is 19.2 Å². The first kappa shape index (κ1) is 15.6. The lowest BCUT2D eigenvalue weighted by Crippen LogP contribution is -2.43. The molecular formula is C13H15BBrNO6. The minimum Gasteiger partial charge on any atom is -0.497 e. The highest BCUT2D eigenvalue weighted by molar-refractivity contribution is 9.11. The molecule has 0 saturated carbocycles. The van der Waals surface area contributed by atoms with Crippen LogP contribution < -0.4 is 5.32 Å². The maximum atomic E-state index is 10.7. The molecule has 0 spiro atoms. The third-order valence-corrected chi connectivity index (χ3v) is 4.92. The number of allylic oxidation sites excluding steroid dienone is 3. The second-order valence-electron chi connectivity index (χ2n) is 5.42. The van der Waals surface area contributed by atoms with Crippen LogP contribution in [0, 0.1) is 0 Å².